The first kappa shape index (κ1) is 24.0. The molecule has 0 saturated carbocycles. The summed E-state index contributed by atoms with van der Waals surface area (Å²) in [5, 5.41) is 4.55. The molecule has 0 aliphatic carbocycles. The number of rotatable bonds is 6. The van der Waals surface area contributed by atoms with Gasteiger partial charge in [0.25, 0.3) is 5.91 Å². The predicted molar refractivity (Wildman–Crippen MR) is 118 cm³/mol. The van der Waals surface area contributed by atoms with Gasteiger partial charge in [0.2, 0.25) is 11.8 Å². The Morgan fingerprint density at radius 2 is 1.61 bits per heavy atom. The van der Waals surface area contributed by atoms with Gasteiger partial charge in [-0.05, 0) is 48.7 Å². The number of piperidine rings is 1. The molecule has 174 valence electrons. The van der Waals surface area contributed by atoms with Crippen LogP contribution < -0.4 is 10.6 Å². The molecule has 2 aromatic rings. The van der Waals surface area contributed by atoms with E-state index in [0.29, 0.717) is 31.6 Å². The molecule has 1 aliphatic rings. The van der Waals surface area contributed by atoms with Crippen LogP contribution in [0.15, 0.2) is 60.7 Å². The molecular formula is C24H24F3N3O3. The van der Waals surface area contributed by atoms with Crippen LogP contribution in [0, 0.1) is 5.92 Å². The van der Waals surface area contributed by atoms with Gasteiger partial charge >= 0.3 is 6.18 Å². The highest BCUT2D eigenvalue weighted by Gasteiger charge is 2.28. The monoisotopic (exact) mass is 459 g/mol. The maximum atomic E-state index is 12.6. The summed E-state index contributed by atoms with van der Waals surface area (Å²) in [6, 6.07) is 15.1. The number of anilines is 1. The number of alkyl halides is 3. The number of halogens is 3. The SMILES string of the molecule is O=C(NCC(F)(F)F)c1ccc(NC(=O)C2CCN(C(=O)/C=C/c3ccccc3)CC2)cc1. The van der Waals surface area contributed by atoms with E-state index in [2.05, 4.69) is 5.32 Å². The molecule has 0 bridgehead atoms. The third-order valence-corrected chi connectivity index (χ3v) is 5.26. The lowest BCUT2D eigenvalue weighted by atomic mass is 9.95. The molecule has 0 spiro atoms. The van der Waals surface area contributed by atoms with E-state index in [-0.39, 0.29) is 23.3 Å². The third kappa shape index (κ3) is 7.48. The zero-order valence-electron chi connectivity index (χ0n) is 17.8. The van der Waals surface area contributed by atoms with Crippen LogP contribution in [0.3, 0.4) is 0 Å². The minimum Gasteiger partial charge on any atom is -0.343 e. The van der Waals surface area contributed by atoms with E-state index in [9.17, 15) is 27.6 Å². The maximum Gasteiger partial charge on any atom is 0.405 e. The Balaban J connectivity index is 1.45. The van der Waals surface area contributed by atoms with E-state index in [1.54, 1.807) is 16.3 Å². The average molecular weight is 459 g/mol. The molecule has 0 unspecified atom stereocenters. The maximum absolute atomic E-state index is 12.6. The van der Waals surface area contributed by atoms with E-state index in [4.69, 9.17) is 0 Å². The lowest BCUT2D eigenvalue weighted by Gasteiger charge is -2.30. The van der Waals surface area contributed by atoms with Gasteiger partial charge in [0.05, 0.1) is 0 Å². The average Bonchev–Trinajstić information content (AvgIpc) is 2.81. The first-order valence-corrected chi connectivity index (χ1v) is 10.5. The van der Waals surface area contributed by atoms with Crippen LogP contribution in [-0.4, -0.2) is 48.4 Å². The Morgan fingerprint density at radius 3 is 2.21 bits per heavy atom. The quantitative estimate of drug-likeness (QED) is 0.644. The fraction of sp³-hybridized carbons (Fsp3) is 0.292. The number of hydrogen-bond donors (Lipinski definition) is 2. The van der Waals surface area contributed by atoms with Crippen LogP contribution in [0.5, 0.6) is 0 Å². The lowest BCUT2D eigenvalue weighted by Crippen LogP contribution is -2.40. The van der Waals surface area contributed by atoms with Crippen molar-refractivity contribution in [3.8, 4) is 0 Å². The molecule has 33 heavy (non-hydrogen) atoms. The first-order chi connectivity index (χ1) is 15.7. The van der Waals surface area contributed by atoms with Gasteiger partial charge in [-0.2, -0.15) is 13.2 Å². The van der Waals surface area contributed by atoms with E-state index in [1.807, 2.05) is 30.3 Å². The highest BCUT2D eigenvalue weighted by atomic mass is 19.4. The number of hydrogen-bond acceptors (Lipinski definition) is 3. The van der Waals surface area contributed by atoms with Gasteiger partial charge in [-0.3, -0.25) is 14.4 Å². The summed E-state index contributed by atoms with van der Waals surface area (Å²) in [6.45, 7) is -0.476. The minimum absolute atomic E-state index is 0.0626. The van der Waals surface area contributed by atoms with E-state index in [1.165, 1.54) is 30.3 Å². The Bertz CT molecular complexity index is 997. The Kier molecular flexibility index (Phi) is 7.87. The van der Waals surface area contributed by atoms with Crippen molar-refractivity contribution in [1.29, 1.82) is 0 Å². The smallest absolute Gasteiger partial charge is 0.343 e. The molecule has 1 heterocycles. The highest BCUT2D eigenvalue weighted by Crippen LogP contribution is 2.20. The Morgan fingerprint density at radius 1 is 0.970 bits per heavy atom. The van der Waals surface area contributed by atoms with Crippen molar-refractivity contribution in [3.63, 3.8) is 0 Å². The Labute approximate surface area is 189 Å². The van der Waals surface area contributed by atoms with Crippen LogP contribution >= 0.6 is 0 Å². The highest BCUT2D eigenvalue weighted by molar-refractivity contribution is 5.96. The fourth-order valence-corrected chi connectivity index (χ4v) is 3.43. The van der Waals surface area contributed by atoms with Crippen molar-refractivity contribution < 1.29 is 27.6 Å². The van der Waals surface area contributed by atoms with Crippen molar-refractivity contribution in [2.75, 3.05) is 25.0 Å². The normalized spacial score (nSPS) is 14.8. The van der Waals surface area contributed by atoms with Gasteiger partial charge in [0.1, 0.15) is 6.54 Å². The minimum atomic E-state index is -4.48. The van der Waals surface area contributed by atoms with E-state index >= 15 is 0 Å². The molecule has 2 N–H and O–H groups in total. The predicted octanol–water partition coefficient (Wildman–Crippen LogP) is 3.87. The van der Waals surface area contributed by atoms with Crippen molar-refractivity contribution in [3.05, 3.63) is 71.8 Å². The molecule has 9 heteroatoms. The number of amides is 3. The topological polar surface area (TPSA) is 78.5 Å². The summed E-state index contributed by atoms with van der Waals surface area (Å²) >= 11 is 0. The van der Waals surface area contributed by atoms with Crippen LogP contribution in [0.25, 0.3) is 6.08 Å². The second-order valence-corrected chi connectivity index (χ2v) is 7.71. The van der Waals surface area contributed by atoms with Crippen molar-refractivity contribution in [1.82, 2.24) is 10.2 Å². The largest absolute Gasteiger partial charge is 0.405 e. The summed E-state index contributed by atoms with van der Waals surface area (Å²) in [6.07, 6.45) is -0.151. The molecule has 3 rings (SSSR count). The van der Waals surface area contributed by atoms with Gasteiger partial charge in [-0.1, -0.05) is 30.3 Å². The van der Waals surface area contributed by atoms with Crippen LogP contribution in [0.2, 0.25) is 0 Å². The van der Waals surface area contributed by atoms with E-state index < -0.39 is 18.6 Å². The number of nitrogens with zero attached hydrogens (tertiary/aromatic N) is 1. The molecule has 1 aliphatic heterocycles. The van der Waals surface area contributed by atoms with Crippen LogP contribution in [-0.2, 0) is 9.59 Å². The van der Waals surface area contributed by atoms with Crippen molar-refractivity contribution in [2.24, 2.45) is 5.92 Å². The van der Waals surface area contributed by atoms with E-state index in [0.717, 1.165) is 5.56 Å². The van der Waals surface area contributed by atoms with Crippen LogP contribution in [0.4, 0.5) is 18.9 Å². The molecule has 0 radical (unpaired) electrons. The standard InChI is InChI=1S/C24H24F3N3O3/c25-24(26,27)16-28-22(32)18-7-9-20(10-8-18)29-23(33)19-12-14-30(15-13-19)21(31)11-6-17-4-2-1-3-5-17/h1-11,19H,12-16H2,(H,28,32)(H,29,33)/b11-6+. The van der Waals surface area contributed by atoms with Gasteiger partial charge < -0.3 is 15.5 Å². The second-order valence-electron chi connectivity index (χ2n) is 7.71. The number of carbonyl (C=O) groups excluding carboxylic acids is 3. The van der Waals surface area contributed by atoms with Crippen LogP contribution in [0.1, 0.15) is 28.8 Å². The lowest BCUT2D eigenvalue weighted by molar-refractivity contribution is -0.130. The van der Waals surface area contributed by atoms with Gasteiger partial charge in [0, 0.05) is 36.3 Å². The summed E-state index contributed by atoms with van der Waals surface area (Å²) in [5.41, 5.74) is 1.44. The molecule has 0 aromatic heterocycles. The number of likely N-dealkylation sites (tertiary alicyclic amines) is 1. The van der Waals surface area contributed by atoms with Gasteiger partial charge in [0.15, 0.2) is 0 Å². The summed E-state index contributed by atoms with van der Waals surface area (Å²) in [7, 11) is 0. The molecule has 2 aromatic carbocycles. The zero-order chi connectivity index (χ0) is 23.8. The molecular weight excluding hydrogens is 435 g/mol. The first-order valence-electron chi connectivity index (χ1n) is 10.5. The summed E-state index contributed by atoms with van der Waals surface area (Å²) in [5.74, 6) is -1.40. The van der Waals surface area contributed by atoms with Crippen molar-refractivity contribution >= 4 is 29.5 Å². The molecule has 1 saturated heterocycles. The van der Waals surface area contributed by atoms with Gasteiger partial charge in [-0.15, -0.1) is 0 Å². The number of carbonyl (C=O) groups is 3. The number of benzene rings is 2. The van der Waals surface area contributed by atoms with Gasteiger partial charge in [-0.25, -0.2) is 0 Å². The summed E-state index contributed by atoms with van der Waals surface area (Å²) in [4.78, 5) is 38.4. The second kappa shape index (κ2) is 10.8. The molecule has 0 atom stereocenters. The molecule has 3 amide bonds. The zero-order valence-corrected chi connectivity index (χ0v) is 17.8. The Hall–Kier alpha value is -3.62. The molecule has 6 nitrogen and oxygen atoms in total. The fourth-order valence-electron chi connectivity index (χ4n) is 3.43. The summed E-state index contributed by atoms with van der Waals surface area (Å²) < 4.78 is 36.6. The van der Waals surface area contributed by atoms with Crippen molar-refractivity contribution in [2.45, 2.75) is 19.0 Å². The third-order valence-electron chi connectivity index (χ3n) is 5.26. The number of nitrogens with one attached hydrogen (secondary N) is 2. The molecule has 1 fully saturated rings.